The van der Waals surface area contributed by atoms with Crippen LogP contribution in [0.3, 0.4) is 0 Å². The molecule has 0 rings (SSSR count). The van der Waals surface area contributed by atoms with E-state index in [-0.39, 0.29) is 24.8 Å². The van der Waals surface area contributed by atoms with Gasteiger partial charge in [0.25, 0.3) is 0 Å². The van der Waals surface area contributed by atoms with Crippen molar-refractivity contribution in [1.82, 2.24) is 0 Å². The zero-order chi connectivity index (χ0) is 83.0. The summed E-state index contributed by atoms with van der Waals surface area (Å²) in [4.78, 5) is 23.3. The first-order valence-corrected chi connectivity index (χ1v) is 41.0. The minimum atomic E-state index is -0.487. The van der Waals surface area contributed by atoms with Crippen molar-refractivity contribution < 1.29 is 175 Å². The Kier molecular flexibility index (Phi) is 95.1. The number of hydrogen-bond donors (Lipinski definition) is 0. The molecule has 0 saturated carbocycles. The summed E-state index contributed by atoms with van der Waals surface area (Å²) in [5.74, 6) is -0.546. The Balaban J connectivity index is 3.12. The van der Waals surface area contributed by atoms with Gasteiger partial charge in [-0.3, -0.25) is 9.59 Å². The lowest BCUT2D eigenvalue weighted by molar-refractivity contribution is -0.157. The fourth-order valence-corrected chi connectivity index (χ4v) is 8.24. The molecule has 0 unspecified atom stereocenters. The summed E-state index contributed by atoms with van der Waals surface area (Å²) in [7, 11) is 0. The standard InChI is InChI=1S/C78H154O37/c1-77(2,3)114-75(79)7-9-81-11-13-83-15-17-85-19-21-87-23-25-89-27-29-91-31-33-93-35-37-95-39-41-97-43-45-99-47-49-101-51-53-103-55-57-105-59-61-107-63-65-109-67-69-111-71-73-113-74-72-112-70-68-110-66-64-108-62-60-106-58-56-104-54-52-102-50-48-100-46-44-98-42-40-96-38-36-94-34-32-92-30-28-90-26-24-88-22-20-86-18-16-84-14-12-82-10-8-76(80)115-78(4,5)6/h7-74H2,1-6H3. The average molecular weight is 1680 g/mol. The Morgan fingerprint density at radius 3 is 0.243 bits per heavy atom. The van der Waals surface area contributed by atoms with Crippen LogP contribution in [0.15, 0.2) is 0 Å². The Morgan fingerprint density at radius 1 is 0.122 bits per heavy atom. The first-order chi connectivity index (χ1) is 56.5. The largest absolute Gasteiger partial charge is 0.460 e. The van der Waals surface area contributed by atoms with Gasteiger partial charge in [0.1, 0.15) is 11.2 Å². The van der Waals surface area contributed by atoms with Crippen LogP contribution in [0.1, 0.15) is 54.4 Å². The third kappa shape index (κ3) is 108. The van der Waals surface area contributed by atoms with Gasteiger partial charge in [-0.1, -0.05) is 0 Å². The summed E-state index contributed by atoms with van der Waals surface area (Å²) in [5, 5.41) is 0. The molecule has 37 heteroatoms. The lowest BCUT2D eigenvalue weighted by Crippen LogP contribution is -2.24. The third-order valence-corrected chi connectivity index (χ3v) is 13.6. The monoisotopic (exact) mass is 1680 g/mol. The zero-order valence-corrected chi connectivity index (χ0v) is 71.2. The maximum atomic E-state index is 11.6. The molecule has 0 heterocycles. The van der Waals surface area contributed by atoms with Crippen LogP contribution in [0.2, 0.25) is 0 Å². The van der Waals surface area contributed by atoms with Crippen molar-refractivity contribution in [3.63, 3.8) is 0 Å². The van der Waals surface area contributed by atoms with Crippen LogP contribution in [0, 0.1) is 0 Å². The van der Waals surface area contributed by atoms with Gasteiger partial charge in [-0.15, -0.1) is 0 Å². The predicted octanol–water partition coefficient (Wildman–Crippen LogP) is 3.00. The molecule has 0 saturated heterocycles. The van der Waals surface area contributed by atoms with Gasteiger partial charge in [0.2, 0.25) is 0 Å². The van der Waals surface area contributed by atoms with E-state index in [2.05, 4.69) is 0 Å². The summed E-state index contributed by atoms with van der Waals surface area (Å²) in [6.07, 6.45) is 0.442. The number of carbonyl (C=O) groups is 2. The van der Waals surface area contributed by atoms with Crippen LogP contribution in [0.25, 0.3) is 0 Å². The zero-order valence-electron chi connectivity index (χ0n) is 71.2. The molecule has 0 N–H and O–H groups in total. The Hall–Kier alpha value is -2.38. The number of carbonyl (C=O) groups excluding carboxylic acids is 2. The fourth-order valence-electron chi connectivity index (χ4n) is 8.24. The molecule has 0 radical (unpaired) electrons. The molecule has 37 nitrogen and oxygen atoms in total. The van der Waals surface area contributed by atoms with E-state index < -0.39 is 11.2 Å². The second-order valence-corrected chi connectivity index (χ2v) is 25.9. The molecule has 0 fully saturated rings. The van der Waals surface area contributed by atoms with Gasteiger partial charge in [0, 0.05) is 0 Å². The van der Waals surface area contributed by atoms with Crippen molar-refractivity contribution in [3.05, 3.63) is 0 Å². The summed E-state index contributed by atoms with van der Waals surface area (Å²) in [6, 6.07) is 0. The molecule has 0 aromatic heterocycles. The molecule has 0 aromatic carbocycles. The summed E-state index contributed by atoms with van der Waals surface area (Å²) in [6.45, 7) is 41.7. The molecule has 0 amide bonds. The Labute approximate surface area is 686 Å². The number of esters is 2. The van der Waals surface area contributed by atoms with Gasteiger partial charge >= 0.3 is 11.9 Å². The quantitative estimate of drug-likeness (QED) is 0.0624. The number of rotatable bonds is 102. The van der Waals surface area contributed by atoms with E-state index in [0.717, 1.165) is 0 Å². The Morgan fingerprint density at radius 2 is 0.183 bits per heavy atom. The highest BCUT2D eigenvalue weighted by Gasteiger charge is 2.17. The van der Waals surface area contributed by atoms with Crippen molar-refractivity contribution in [1.29, 1.82) is 0 Å². The van der Waals surface area contributed by atoms with E-state index in [1.165, 1.54) is 0 Å². The normalized spacial score (nSPS) is 12.0. The highest BCUT2D eigenvalue weighted by Crippen LogP contribution is 2.09. The molecule has 0 atom stereocenters. The van der Waals surface area contributed by atoms with Crippen molar-refractivity contribution in [2.45, 2.75) is 65.6 Å². The maximum Gasteiger partial charge on any atom is 0.308 e. The number of ether oxygens (including phenoxy) is 35. The molecule has 0 aromatic rings. The van der Waals surface area contributed by atoms with Crippen molar-refractivity contribution >= 4 is 11.9 Å². The maximum absolute atomic E-state index is 11.6. The first kappa shape index (κ1) is 113. The lowest BCUT2D eigenvalue weighted by Gasteiger charge is -2.19. The van der Waals surface area contributed by atoms with E-state index >= 15 is 0 Å². The SMILES string of the molecule is CC(C)(C)OC(=O)CCOCCOCCOCCOCCOCCOCCOCCOCCOCCOCCOCCOCCOCCOCCOCCOCCOCCOCCOCCOCCOCCOCCOCCOCCOCCOCCOCCOCCOCCOCCOCCOCCOCCC(=O)OC(C)(C)C. The Bertz CT molecular complexity index is 1730. The first-order valence-electron chi connectivity index (χ1n) is 41.0. The average Bonchev–Trinajstić information content (AvgIpc) is 0.956. The number of hydrogen-bond acceptors (Lipinski definition) is 37. The van der Waals surface area contributed by atoms with E-state index in [1.807, 2.05) is 41.5 Å². The van der Waals surface area contributed by atoms with Crippen LogP contribution < -0.4 is 0 Å². The van der Waals surface area contributed by atoms with Crippen molar-refractivity contribution in [2.24, 2.45) is 0 Å². The smallest absolute Gasteiger partial charge is 0.308 e. The van der Waals surface area contributed by atoms with Gasteiger partial charge in [0.05, 0.1) is 449 Å². The lowest BCUT2D eigenvalue weighted by atomic mass is 10.2. The fraction of sp³-hybridized carbons (Fsp3) is 0.974. The molecule has 0 aliphatic carbocycles. The minimum absolute atomic E-state index is 0.221. The minimum Gasteiger partial charge on any atom is -0.460 e. The van der Waals surface area contributed by atoms with Gasteiger partial charge in [0.15, 0.2) is 0 Å². The van der Waals surface area contributed by atoms with Crippen LogP contribution in [0.5, 0.6) is 0 Å². The molecular formula is C78H154O37. The van der Waals surface area contributed by atoms with Gasteiger partial charge in [-0.05, 0) is 41.5 Å². The van der Waals surface area contributed by atoms with Crippen molar-refractivity contribution in [3.8, 4) is 0 Å². The van der Waals surface area contributed by atoms with E-state index in [1.54, 1.807) is 0 Å². The highest BCUT2D eigenvalue weighted by atomic mass is 16.6. The summed E-state index contributed by atoms with van der Waals surface area (Å²) < 4.78 is 192. The van der Waals surface area contributed by atoms with Gasteiger partial charge in [-0.25, -0.2) is 0 Å². The summed E-state index contributed by atoms with van der Waals surface area (Å²) >= 11 is 0. The van der Waals surface area contributed by atoms with E-state index in [0.29, 0.717) is 436 Å². The topological polar surface area (TPSA) is 357 Å². The molecular weight excluding hydrogens is 1530 g/mol. The molecule has 688 valence electrons. The summed E-state index contributed by atoms with van der Waals surface area (Å²) in [5.41, 5.74) is -0.974. The second kappa shape index (κ2) is 97.1. The predicted molar refractivity (Wildman–Crippen MR) is 418 cm³/mol. The van der Waals surface area contributed by atoms with Crippen LogP contribution in [0.4, 0.5) is 0 Å². The second-order valence-electron chi connectivity index (χ2n) is 25.9. The third-order valence-electron chi connectivity index (χ3n) is 13.6. The molecule has 0 aliphatic rings. The molecule has 0 bridgehead atoms. The highest BCUT2D eigenvalue weighted by molar-refractivity contribution is 5.70. The molecule has 0 spiro atoms. The van der Waals surface area contributed by atoms with E-state index in [9.17, 15) is 9.59 Å². The van der Waals surface area contributed by atoms with Crippen LogP contribution in [-0.2, 0) is 175 Å². The van der Waals surface area contributed by atoms with Crippen LogP contribution >= 0.6 is 0 Å². The molecule has 0 aliphatic heterocycles. The van der Waals surface area contributed by atoms with Crippen LogP contribution in [-0.4, -0.2) is 459 Å². The molecule has 115 heavy (non-hydrogen) atoms. The van der Waals surface area contributed by atoms with Crippen molar-refractivity contribution in [2.75, 3.05) is 436 Å². The van der Waals surface area contributed by atoms with Gasteiger partial charge < -0.3 is 166 Å². The van der Waals surface area contributed by atoms with Gasteiger partial charge in [-0.2, -0.15) is 0 Å². The van der Waals surface area contributed by atoms with E-state index in [4.69, 9.17) is 166 Å².